The number of hydrogen-bond acceptors (Lipinski definition) is 2. The summed E-state index contributed by atoms with van der Waals surface area (Å²) in [6.45, 7) is 4.76. The van der Waals surface area contributed by atoms with E-state index in [4.69, 9.17) is 9.97 Å². The van der Waals surface area contributed by atoms with Crippen LogP contribution in [0.3, 0.4) is 0 Å². The Kier molecular flexibility index (Phi) is 6.27. The van der Waals surface area contributed by atoms with Gasteiger partial charge in [-0.1, -0.05) is 135 Å². The van der Waals surface area contributed by atoms with Gasteiger partial charge in [0.2, 0.25) is 0 Å². The summed E-state index contributed by atoms with van der Waals surface area (Å²) in [6.07, 6.45) is 0. The molecule has 53 heavy (non-hydrogen) atoms. The lowest BCUT2D eigenvalue weighted by Crippen LogP contribution is -2.14. The Balaban J connectivity index is 1.19. The molecule has 0 unspecified atom stereocenters. The van der Waals surface area contributed by atoms with Crippen molar-refractivity contribution in [2.75, 3.05) is 0 Å². The Labute approximate surface area is 307 Å². The smallest absolute Gasteiger partial charge is 0.160 e. The Morgan fingerprint density at radius 1 is 0.453 bits per heavy atom. The van der Waals surface area contributed by atoms with Crippen LogP contribution >= 0.6 is 0 Å². The molecule has 4 heteroatoms. The number of aromatic nitrogens is 4. The summed E-state index contributed by atoms with van der Waals surface area (Å²) in [5.41, 5.74) is 14.9. The second-order valence-electron chi connectivity index (χ2n) is 14.6. The van der Waals surface area contributed by atoms with Gasteiger partial charge in [0, 0.05) is 55.0 Å². The second kappa shape index (κ2) is 11.1. The van der Waals surface area contributed by atoms with Gasteiger partial charge in [0.05, 0.1) is 33.5 Å². The minimum atomic E-state index is -0.150. The van der Waals surface area contributed by atoms with Crippen molar-refractivity contribution in [1.82, 2.24) is 19.1 Å². The molecule has 250 valence electrons. The van der Waals surface area contributed by atoms with E-state index in [2.05, 4.69) is 181 Å². The molecule has 0 fully saturated rings. The topological polar surface area (TPSA) is 35.6 Å². The average Bonchev–Trinajstić information content (AvgIpc) is 3.81. The number of fused-ring (bicyclic) bond motifs is 9. The summed E-state index contributed by atoms with van der Waals surface area (Å²) >= 11 is 0. The molecule has 0 saturated heterocycles. The lowest BCUT2D eigenvalue weighted by atomic mass is 9.81. The van der Waals surface area contributed by atoms with Crippen LogP contribution in [0.1, 0.15) is 25.0 Å². The molecular weight excluding hydrogens is 645 g/mol. The first-order chi connectivity index (χ1) is 26.1. The highest BCUT2D eigenvalue weighted by Gasteiger charge is 2.40. The number of rotatable bonds is 4. The van der Waals surface area contributed by atoms with Gasteiger partial charge < -0.3 is 9.13 Å². The van der Waals surface area contributed by atoms with Gasteiger partial charge >= 0.3 is 0 Å². The third-order valence-electron chi connectivity index (χ3n) is 11.3. The number of hydrogen-bond donors (Lipinski definition) is 0. The summed E-state index contributed by atoms with van der Waals surface area (Å²) in [7, 11) is 0. The van der Waals surface area contributed by atoms with Crippen LogP contribution in [0.5, 0.6) is 0 Å². The number of para-hydroxylation sites is 3. The maximum absolute atomic E-state index is 5.21. The molecule has 3 heterocycles. The fraction of sp³-hybridized carbons (Fsp3) is 0.0612. The predicted octanol–water partition coefficient (Wildman–Crippen LogP) is 12.3. The molecule has 7 aromatic carbocycles. The normalized spacial score (nSPS) is 13.2. The van der Waals surface area contributed by atoms with Gasteiger partial charge in [0.25, 0.3) is 0 Å². The first kappa shape index (κ1) is 29.9. The van der Waals surface area contributed by atoms with Crippen LogP contribution in [-0.4, -0.2) is 19.1 Å². The minimum absolute atomic E-state index is 0.150. The van der Waals surface area contributed by atoms with Crippen LogP contribution in [0, 0.1) is 0 Å². The van der Waals surface area contributed by atoms with Crippen LogP contribution < -0.4 is 0 Å². The Hall–Kier alpha value is -6.78. The highest BCUT2D eigenvalue weighted by Crippen LogP contribution is 2.54. The summed E-state index contributed by atoms with van der Waals surface area (Å²) in [6, 6.07) is 60.8. The zero-order valence-corrected chi connectivity index (χ0v) is 29.5. The summed E-state index contributed by atoms with van der Waals surface area (Å²) in [4.78, 5) is 10.3. The largest absolute Gasteiger partial charge is 0.309 e. The van der Waals surface area contributed by atoms with Crippen molar-refractivity contribution >= 4 is 43.6 Å². The predicted molar refractivity (Wildman–Crippen MR) is 219 cm³/mol. The summed E-state index contributed by atoms with van der Waals surface area (Å²) in [5, 5.41) is 4.82. The van der Waals surface area contributed by atoms with Gasteiger partial charge in [0.15, 0.2) is 5.82 Å². The lowest BCUT2D eigenvalue weighted by Gasteiger charge is -2.21. The maximum Gasteiger partial charge on any atom is 0.160 e. The van der Waals surface area contributed by atoms with Crippen molar-refractivity contribution in [2.24, 2.45) is 0 Å². The van der Waals surface area contributed by atoms with E-state index < -0.39 is 0 Å². The highest BCUT2D eigenvalue weighted by atomic mass is 15.0. The van der Waals surface area contributed by atoms with Gasteiger partial charge in [-0.15, -0.1) is 0 Å². The summed E-state index contributed by atoms with van der Waals surface area (Å²) < 4.78 is 4.91. The molecule has 0 N–H and O–H groups in total. The van der Waals surface area contributed by atoms with Crippen molar-refractivity contribution in [3.8, 4) is 45.3 Å². The van der Waals surface area contributed by atoms with Gasteiger partial charge in [-0.3, -0.25) is 0 Å². The van der Waals surface area contributed by atoms with Crippen LogP contribution in [0.2, 0.25) is 0 Å². The molecule has 11 rings (SSSR count). The van der Waals surface area contributed by atoms with Gasteiger partial charge in [-0.25, -0.2) is 9.97 Å². The fourth-order valence-electron chi connectivity index (χ4n) is 8.94. The number of nitrogens with zero attached hydrogens (tertiary/aromatic N) is 4. The molecule has 1 aliphatic carbocycles. The van der Waals surface area contributed by atoms with Crippen molar-refractivity contribution in [1.29, 1.82) is 0 Å². The van der Waals surface area contributed by atoms with Gasteiger partial charge in [-0.05, 0) is 59.7 Å². The van der Waals surface area contributed by atoms with E-state index in [0.29, 0.717) is 5.82 Å². The second-order valence-corrected chi connectivity index (χ2v) is 14.6. The Bertz CT molecular complexity index is 3080. The zero-order chi connectivity index (χ0) is 35.3. The van der Waals surface area contributed by atoms with E-state index in [1.165, 1.54) is 55.1 Å². The van der Waals surface area contributed by atoms with Crippen LogP contribution in [0.15, 0.2) is 170 Å². The number of benzene rings is 7. The molecule has 0 spiro atoms. The SMILES string of the molecule is CC1(C)c2ccccc2-c2c1c1cc3c4ccccc4n(-c4cccc(-c5nc(-c6ccccc6)c6ccccc6n5)c4)c3cc1n2-c1ccccc1. The molecule has 10 aromatic rings. The molecule has 0 aliphatic heterocycles. The molecule has 4 nitrogen and oxygen atoms in total. The molecule has 0 atom stereocenters. The van der Waals surface area contributed by atoms with E-state index in [9.17, 15) is 0 Å². The lowest BCUT2D eigenvalue weighted by molar-refractivity contribution is 0.666. The van der Waals surface area contributed by atoms with Crippen molar-refractivity contribution < 1.29 is 0 Å². The standard InChI is InChI=1S/C49H34N4/c1-49(2)40-25-12-9-23-36(40)47-45(49)39-29-38-35-22-11-14-27-42(35)52(43(38)30-44(39)53(47)33-19-7-4-8-20-33)34-21-15-18-32(28-34)48-50-41-26-13-10-24-37(41)46(51-48)31-16-5-3-6-17-31/h3-30H,1-2H3. The van der Waals surface area contributed by atoms with Gasteiger partial charge in [0.1, 0.15) is 0 Å². The maximum atomic E-state index is 5.21. The molecule has 1 aliphatic rings. The van der Waals surface area contributed by atoms with Crippen LogP contribution in [-0.2, 0) is 5.41 Å². The molecule has 3 aromatic heterocycles. The quantitative estimate of drug-likeness (QED) is 0.186. The third-order valence-corrected chi connectivity index (χ3v) is 11.3. The van der Waals surface area contributed by atoms with Crippen molar-refractivity contribution in [3.05, 3.63) is 181 Å². The fourth-order valence-corrected chi connectivity index (χ4v) is 8.94. The van der Waals surface area contributed by atoms with E-state index in [1.807, 2.05) is 12.1 Å². The molecule has 0 bridgehead atoms. The highest BCUT2D eigenvalue weighted by molar-refractivity contribution is 6.15. The monoisotopic (exact) mass is 678 g/mol. The molecule has 0 amide bonds. The first-order valence-electron chi connectivity index (χ1n) is 18.3. The summed E-state index contributed by atoms with van der Waals surface area (Å²) in [5.74, 6) is 0.711. The van der Waals surface area contributed by atoms with Gasteiger partial charge in [-0.2, -0.15) is 0 Å². The molecular formula is C49H34N4. The zero-order valence-electron chi connectivity index (χ0n) is 29.5. The van der Waals surface area contributed by atoms with E-state index in [0.717, 1.165) is 39.1 Å². The van der Waals surface area contributed by atoms with E-state index >= 15 is 0 Å². The molecule has 0 radical (unpaired) electrons. The van der Waals surface area contributed by atoms with E-state index in [1.54, 1.807) is 0 Å². The van der Waals surface area contributed by atoms with Crippen LogP contribution in [0.25, 0.3) is 88.9 Å². The minimum Gasteiger partial charge on any atom is -0.309 e. The average molecular weight is 679 g/mol. The Morgan fingerprint density at radius 2 is 1.11 bits per heavy atom. The van der Waals surface area contributed by atoms with Crippen molar-refractivity contribution in [3.63, 3.8) is 0 Å². The molecule has 0 saturated carbocycles. The third kappa shape index (κ3) is 4.30. The van der Waals surface area contributed by atoms with Crippen LogP contribution in [0.4, 0.5) is 0 Å². The van der Waals surface area contributed by atoms with E-state index in [-0.39, 0.29) is 5.41 Å². The first-order valence-corrected chi connectivity index (χ1v) is 18.3. The van der Waals surface area contributed by atoms with Crippen molar-refractivity contribution in [2.45, 2.75) is 19.3 Å². The Morgan fingerprint density at radius 3 is 1.96 bits per heavy atom.